The van der Waals surface area contributed by atoms with Gasteiger partial charge in [0.1, 0.15) is 0 Å². The van der Waals surface area contributed by atoms with Gasteiger partial charge in [0.2, 0.25) is 5.82 Å². The number of nitro groups is 1. The topological polar surface area (TPSA) is 68.1 Å². The molecular formula is C11H15N3O2. The summed E-state index contributed by atoms with van der Waals surface area (Å²) in [6.45, 7) is 2.15. The molecule has 2 atom stereocenters. The zero-order valence-electron chi connectivity index (χ0n) is 9.22. The van der Waals surface area contributed by atoms with Gasteiger partial charge in [0.05, 0.1) is 4.92 Å². The van der Waals surface area contributed by atoms with Crippen LogP contribution in [0.5, 0.6) is 0 Å². The number of nitrogens with zero attached hydrogens (tertiary/aromatic N) is 2. The van der Waals surface area contributed by atoms with Crippen molar-refractivity contribution in [3.8, 4) is 0 Å². The van der Waals surface area contributed by atoms with Crippen LogP contribution < -0.4 is 5.32 Å². The van der Waals surface area contributed by atoms with Gasteiger partial charge in [0, 0.05) is 18.3 Å². The lowest BCUT2D eigenvalue weighted by atomic mass is 10.2. The molecule has 0 saturated heterocycles. The highest BCUT2D eigenvalue weighted by Crippen LogP contribution is 2.38. The predicted octanol–water partition coefficient (Wildman–Crippen LogP) is 2.59. The van der Waals surface area contributed by atoms with E-state index in [0.717, 1.165) is 12.8 Å². The molecule has 1 heterocycles. The molecular weight excluding hydrogens is 206 g/mol. The van der Waals surface area contributed by atoms with Crippen molar-refractivity contribution in [3.63, 3.8) is 0 Å². The molecule has 1 saturated carbocycles. The first-order chi connectivity index (χ1) is 7.72. The molecule has 1 fully saturated rings. The maximum absolute atomic E-state index is 10.8. The average Bonchev–Trinajstić information content (AvgIpc) is 2.97. The van der Waals surface area contributed by atoms with Gasteiger partial charge in [-0.3, -0.25) is 10.1 Å². The van der Waals surface area contributed by atoms with Crippen molar-refractivity contribution < 1.29 is 4.92 Å². The highest BCUT2D eigenvalue weighted by Gasteiger charge is 2.37. The van der Waals surface area contributed by atoms with Gasteiger partial charge in [0.15, 0.2) is 0 Å². The molecule has 1 aliphatic rings. The normalized spacial score (nSPS) is 22.8. The Bertz CT molecular complexity index is 395. The van der Waals surface area contributed by atoms with Crippen molar-refractivity contribution >= 4 is 11.5 Å². The van der Waals surface area contributed by atoms with Crippen molar-refractivity contribution in [1.82, 2.24) is 4.98 Å². The third-order valence-corrected chi connectivity index (χ3v) is 2.89. The SMILES string of the molecule is CCCC1CC1Nc1ncccc1[N+](=O)[O-]. The first-order valence-electron chi connectivity index (χ1n) is 5.58. The molecule has 0 aliphatic heterocycles. The van der Waals surface area contributed by atoms with Crippen LogP contribution in [-0.4, -0.2) is 15.9 Å². The second-order valence-corrected chi connectivity index (χ2v) is 4.16. The van der Waals surface area contributed by atoms with E-state index in [1.807, 2.05) is 0 Å². The molecule has 1 aliphatic carbocycles. The molecule has 1 aromatic heterocycles. The fourth-order valence-electron chi connectivity index (χ4n) is 1.95. The minimum absolute atomic E-state index is 0.0599. The molecule has 0 amide bonds. The fraction of sp³-hybridized carbons (Fsp3) is 0.545. The van der Waals surface area contributed by atoms with Crippen molar-refractivity contribution in [2.75, 3.05) is 5.32 Å². The van der Waals surface area contributed by atoms with Crippen LogP contribution in [-0.2, 0) is 0 Å². The Morgan fingerprint density at radius 3 is 3.19 bits per heavy atom. The molecule has 2 rings (SSSR count). The lowest BCUT2D eigenvalue weighted by Crippen LogP contribution is -2.08. The summed E-state index contributed by atoms with van der Waals surface area (Å²) < 4.78 is 0. The van der Waals surface area contributed by atoms with E-state index in [1.54, 1.807) is 12.3 Å². The van der Waals surface area contributed by atoms with E-state index in [0.29, 0.717) is 17.8 Å². The van der Waals surface area contributed by atoms with Gasteiger partial charge in [-0.05, 0) is 24.8 Å². The maximum atomic E-state index is 10.8. The van der Waals surface area contributed by atoms with E-state index >= 15 is 0 Å². The van der Waals surface area contributed by atoms with Gasteiger partial charge in [-0.2, -0.15) is 0 Å². The third kappa shape index (κ3) is 2.29. The Balaban J connectivity index is 2.02. The quantitative estimate of drug-likeness (QED) is 0.613. The molecule has 5 heteroatoms. The van der Waals surface area contributed by atoms with E-state index in [9.17, 15) is 10.1 Å². The molecule has 0 bridgehead atoms. The Labute approximate surface area is 94.0 Å². The zero-order chi connectivity index (χ0) is 11.5. The van der Waals surface area contributed by atoms with Gasteiger partial charge < -0.3 is 5.32 Å². The van der Waals surface area contributed by atoms with Crippen LogP contribution in [0.25, 0.3) is 0 Å². The summed E-state index contributed by atoms with van der Waals surface area (Å²) in [5.41, 5.74) is 0.0599. The van der Waals surface area contributed by atoms with E-state index in [1.165, 1.54) is 12.5 Å². The van der Waals surface area contributed by atoms with Gasteiger partial charge in [-0.1, -0.05) is 13.3 Å². The molecule has 86 valence electrons. The number of hydrogen-bond donors (Lipinski definition) is 1. The maximum Gasteiger partial charge on any atom is 0.311 e. The van der Waals surface area contributed by atoms with Crippen LogP contribution in [0.4, 0.5) is 11.5 Å². The van der Waals surface area contributed by atoms with Crippen molar-refractivity contribution in [1.29, 1.82) is 0 Å². The Morgan fingerprint density at radius 2 is 2.50 bits per heavy atom. The number of pyridine rings is 1. The van der Waals surface area contributed by atoms with Crippen molar-refractivity contribution in [2.24, 2.45) is 5.92 Å². The standard InChI is InChI=1S/C11H15N3O2/c1-2-4-8-7-9(8)13-11-10(14(15)16)5-3-6-12-11/h3,5-6,8-9H,2,4,7H2,1H3,(H,12,13). The summed E-state index contributed by atoms with van der Waals surface area (Å²) in [6, 6.07) is 3.43. The second kappa shape index (κ2) is 4.47. The lowest BCUT2D eigenvalue weighted by molar-refractivity contribution is -0.384. The molecule has 1 N–H and O–H groups in total. The van der Waals surface area contributed by atoms with Gasteiger partial charge >= 0.3 is 5.69 Å². The number of anilines is 1. The van der Waals surface area contributed by atoms with E-state index < -0.39 is 4.92 Å². The van der Waals surface area contributed by atoms with Crippen molar-refractivity contribution in [3.05, 3.63) is 28.4 Å². The predicted molar refractivity (Wildman–Crippen MR) is 61.3 cm³/mol. The average molecular weight is 221 g/mol. The van der Waals surface area contributed by atoms with Gasteiger partial charge in [0.25, 0.3) is 0 Å². The number of aromatic nitrogens is 1. The number of rotatable bonds is 5. The molecule has 0 radical (unpaired) electrons. The molecule has 5 nitrogen and oxygen atoms in total. The summed E-state index contributed by atoms with van der Waals surface area (Å²) in [7, 11) is 0. The third-order valence-electron chi connectivity index (χ3n) is 2.89. The highest BCUT2D eigenvalue weighted by molar-refractivity contribution is 5.56. The lowest BCUT2D eigenvalue weighted by Gasteiger charge is -2.04. The van der Waals surface area contributed by atoms with E-state index in [-0.39, 0.29) is 5.69 Å². The van der Waals surface area contributed by atoms with E-state index in [4.69, 9.17) is 0 Å². The molecule has 16 heavy (non-hydrogen) atoms. The van der Waals surface area contributed by atoms with Gasteiger partial charge in [-0.15, -0.1) is 0 Å². The van der Waals surface area contributed by atoms with Crippen LogP contribution in [0.3, 0.4) is 0 Å². The summed E-state index contributed by atoms with van der Waals surface area (Å²) in [6.07, 6.45) is 5.01. The zero-order valence-corrected chi connectivity index (χ0v) is 9.22. The summed E-state index contributed by atoms with van der Waals surface area (Å²) in [4.78, 5) is 14.4. The fourth-order valence-corrected chi connectivity index (χ4v) is 1.95. The van der Waals surface area contributed by atoms with Crippen molar-refractivity contribution in [2.45, 2.75) is 32.2 Å². The Kier molecular flexibility index (Phi) is 3.03. The summed E-state index contributed by atoms with van der Waals surface area (Å²) >= 11 is 0. The van der Waals surface area contributed by atoms with Crippen LogP contribution in [0, 0.1) is 16.0 Å². The monoisotopic (exact) mass is 221 g/mol. The molecule has 0 spiro atoms. The Morgan fingerprint density at radius 1 is 1.69 bits per heavy atom. The van der Waals surface area contributed by atoms with E-state index in [2.05, 4.69) is 17.2 Å². The first kappa shape index (κ1) is 10.9. The number of nitrogens with one attached hydrogen (secondary N) is 1. The van der Waals surface area contributed by atoms with Gasteiger partial charge in [-0.25, -0.2) is 4.98 Å². The van der Waals surface area contributed by atoms with Crippen LogP contribution in [0.2, 0.25) is 0 Å². The van der Waals surface area contributed by atoms with Crippen LogP contribution in [0.15, 0.2) is 18.3 Å². The smallest absolute Gasteiger partial charge is 0.311 e. The largest absolute Gasteiger partial charge is 0.361 e. The molecule has 1 aromatic rings. The van der Waals surface area contributed by atoms with Crippen LogP contribution in [0.1, 0.15) is 26.2 Å². The minimum atomic E-state index is -0.396. The number of hydrogen-bond acceptors (Lipinski definition) is 4. The summed E-state index contributed by atoms with van der Waals surface area (Å²) in [5, 5.41) is 13.9. The highest BCUT2D eigenvalue weighted by atomic mass is 16.6. The summed E-state index contributed by atoms with van der Waals surface area (Å²) in [5.74, 6) is 1.06. The molecule has 0 aromatic carbocycles. The molecule has 2 unspecified atom stereocenters. The second-order valence-electron chi connectivity index (χ2n) is 4.16. The van der Waals surface area contributed by atoms with Crippen LogP contribution >= 0.6 is 0 Å². The first-order valence-corrected chi connectivity index (χ1v) is 5.58. The Hall–Kier alpha value is -1.65. The minimum Gasteiger partial charge on any atom is -0.361 e.